The van der Waals surface area contributed by atoms with Crippen LogP contribution in [0.5, 0.6) is 0 Å². The van der Waals surface area contributed by atoms with Crippen molar-refractivity contribution < 1.29 is 4.79 Å². The smallest absolute Gasteiger partial charge is 0.228 e. The van der Waals surface area contributed by atoms with E-state index in [9.17, 15) is 4.79 Å². The van der Waals surface area contributed by atoms with Gasteiger partial charge in [0.15, 0.2) is 0 Å². The fourth-order valence-corrected chi connectivity index (χ4v) is 2.24. The standard InChI is InChI=1S/C17H15NO/c1-13(18-12-11-17(18)19)14-7-9-16(10-8-14)15-5-3-2-4-6-15/h2-10H,1,11-12H2. The van der Waals surface area contributed by atoms with Gasteiger partial charge in [-0.05, 0) is 16.7 Å². The predicted molar refractivity (Wildman–Crippen MR) is 77.2 cm³/mol. The van der Waals surface area contributed by atoms with Gasteiger partial charge in [-0.2, -0.15) is 0 Å². The van der Waals surface area contributed by atoms with Crippen LogP contribution in [0.25, 0.3) is 16.8 Å². The molecule has 1 aliphatic heterocycles. The molecule has 0 spiro atoms. The van der Waals surface area contributed by atoms with Gasteiger partial charge in [0.25, 0.3) is 0 Å². The highest BCUT2D eigenvalue weighted by Gasteiger charge is 2.26. The summed E-state index contributed by atoms with van der Waals surface area (Å²) in [6.07, 6.45) is 0.640. The van der Waals surface area contributed by atoms with Gasteiger partial charge in [-0.15, -0.1) is 0 Å². The van der Waals surface area contributed by atoms with E-state index in [-0.39, 0.29) is 5.91 Å². The maximum absolute atomic E-state index is 11.4. The molecular weight excluding hydrogens is 234 g/mol. The van der Waals surface area contributed by atoms with Gasteiger partial charge in [-0.1, -0.05) is 61.2 Å². The van der Waals surface area contributed by atoms with Crippen LogP contribution in [0, 0.1) is 0 Å². The zero-order valence-corrected chi connectivity index (χ0v) is 10.7. The Morgan fingerprint density at radius 3 is 2.11 bits per heavy atom. The van der Waals surface area contributed by atoms with Crippen molar-refractivity contribution in [3.05, 3.63) is 66.7 Å². The predicted octanol–water partition coefficient (Wildman–Crippen LogP) is 3.56. The molecule has 2 aromatic rings. The number of hydrogen-bond acceptors (Lipinski definition) is 1. The van der Waals surface area contributed by atoms with Crippen LogP contribution < -0.4 is 0 Å². The molecule has 0 unspecified atom stereocenters. The average molecular weight is 249 g/mol. The molecule has 19 heavy (non-hydrogen) atoms. The number of carbonyl (C=O) groups excluding carboxylic acids is 1. The highest BCUT2D eigenvalue weighted by atomic mass is 16.2. The third-order valence-corrected chi connectivity index (χ3v) is 3.50. The van der Waals surface area contributed by atoms with Crippen molar-refractivity contribution in [2.45, 2.75) is 6.42 Å². The fraction of sp³-hybridized carbons (Fsp3) is 0.118. The molecule has 0 atom stereocenters. The Labute approximate surface area is 113 Å². The van der Waals surface area contributed by atoms with E-state index in [1.54, 1.807) is 4.90 Å². The normalized spacial score (nSPS) is 14.1. The minimum atomic E-state index is 0.164. The van der Waals surface area contributed by atoms with Gasteiger partial charge in [-0.3, -0.25) is 4.79 Å². The number of β-lactam (4-membered cyclic amide) rings is 1. The van der Waals surface area contributed by atoms with Crippen LogP contribution >= 0.6 is 0 Å². The summed E-state index contributed by atoms with van der Waals surface area (Å²) in [6, 6.07) is 18.4. The van der Waals surface area contributed by atoms with Gasteiger partial charge in [-0.25, -0.2) is 0 Å². The number of benzene rings is 2. The summed E-state index contributed by atoms with van der Waals surface area (Å²) in [7, 11) is 0. The van der Waals surface area contributed by atoms with Gasteiger partial charge in [0.2, 0.25) is 5.91 Å². The summed E-state index contributed by atoms with van der Waals surface area (Å²) >= 11 is 0. The molecule has 1 aliphatic rings. The molecule has 0 saturated carbocycles. The molecule has 0 radical (unpaired) electrons. The summed E-state index contributed by atoms with van der Waals surface area (Å²) in [4.78, 5) is 13.1. The molecule has 2 aromatic carbocycles. The topological polar surface area (TPSA) is 20.3 Å². The first-order valence-corrected chi connectivity index (χ1v) is 6.41. The quantitative estimate of drug-likeness (QED) is 0.762. The number of nitrogens with zero attached hydrogens (tertiary/aromatic N) is 1. The van der Waals surface area contributed by atoms with Gasteiger partial charge < -0.3 is 4.90 Å². The number of rotatable bonds is 3. The minimum absolute atomic E-state index is 0.164. The summed E-state index contributed by atoms with van der Waals surface area (Å²) in [6.45, 7) is 4.79. The Balaban J connectivity index is 1.83. The number of hydrogen-bond donors (Lipinski definition) is 0. The third-order valence-electron chi connectivity index (χ3n) is 3.50. The minimum Gasteiger partial charge on any atom is -0.312 e. The van der Waals surface area contributed by atoms with Crippen molar-refractivity contribution in [3.8, 4) is 11.1 Å². The number of amides is 1. The fourth-order valence-electron chi connectivity index (χ4n) is 2.24. The van der Waals surface area contributed by atoms with E-state index in [2.05, 4.69) is 30.8 Å². The van der Waals surface area contributed by atoms with Crippen LogP contribution in [0.2, 0.25) is 0 Å². The van der Waals surface area contributed by atoms with Crippen LogP contribution in [0.3, 0.4) is 0 Å². The molecule has 3 rings (SSSR count). The number of likely N-dealkylation sites (tertiary alicyclic amines) is 1. The Morgan fingerprint density at radius 1 is 0.947 bits per heavy atom. The monoisotopic (exact) mass is 249 g/mol. The molecule has 0 aromatic heterocycles. The lowest BCUT2D eigenvalue weighted by molar-refractivity contribution is -0.135. The highest BCUT2D eigenvalue weighted by molar-refractivity contribution is 5.91. The lowest BCUT2D eigenvalue weighted by Crippen LogP contribution is -2.41. The third kappa shape index (κ3) is 2.17. The number of carbonyl (C=O) groups is 1. The van der Waals surface area contributed by atoms with E-state index in [1.165, 1.54) is 11.1 Å². The van der Waals surface area contributed by atoms with Crippen molar-refractivity contribution in [1.29, 1.82) is 0 Å². The molecule has 1 amide bonds. The Morgan fingerprint density at radius 2 is 1.58 bits per heavy atom. The lowest BCUT2D eigenvalue weighted by Gasteiger charge is -2.32. The second-order valence-electron chi connectivity index (χ2n) is 4.69. The SMILES string of the molecule is C=C(c1ccc(-c2ccccc2)cc1)N1CCC1=O. The Hall–Kier alpha value is -2.35. The van der Waals surface area contributed by atoms with Crippen molar-refractivity contribution in [2.75, 3.05) is 6.54 Å². The van der Waals surface area contributed by atoms with Gasteiger partial charge in [0.1, 0.15) is 0 Å². The summed E-state index contributed by atoms with van der Waals surface area (Å²) in [5.74, 6) is 0.164. The second kappa shape index (κ2) is 4.73. The molecule has 1 heterocycles. The molecule has 1 fully saturated rings. The molecule has 1 saturated heterocycles. The van der Waals surface area contributed by atoms with Crippen molar-refractivity contribution in [2.24, 2.45) is 0 Å². The first-order valence-electron chi connectivity index (χ1n) is 6.41. The van der Waals surface area contributed by atoms with Crippen molar-refractivity contribution in [3.63, 3.8) is 0 Å². The van der Waals surface area contributed by atoms with E-state index in [4.69, 9.17) is 0 Å². The molecule has 0 bridgehead atoms. The largest absolute Gasteiger partial charge is 0.312 e. The average Bonchev–Trinajstić information content (AvgIpc) is 2.47. The van der Waals surface area contributed by atoms with E-state index in [0.29, 0.717) is 6.42 Å². The Kier molecular flexibility index (Phi) is 2.92. The Bertz CT molecular complexity index is 613. The first kappa shape index (κ1) is 11.7. The van der Waals surface area contributed by atoms with Crippen LogP contribution in [-0.2, 0) is 4.79 Å². The van der Waals surface area contributed by atoms with Crippen LogP contribution in [0.1, 0.15) is 12.0 Å². The molecular formula is C17H15NO. The lowest BCUT2D eigenvalue weighted by atomic mass is 10.0. The highest BCUT2D eigenvalue weighted by Crippen LogP contribution is 2.26. The molecule has 2 heteroatoms. The van der Waals surface area contributed by atoms with Crippen LogP contribution in [0.4, 0.5) is 0 Å². The summed E-state index contributed by atoms with van der Waals surface area (Å²) < 4.78 is 0. The summed E-state index contributed by atoms with van der Waals surface area (Å²) in [5, 5.41) is 0. The maximum Gasteiger partial charge on any atom is 0.228 e. The molecule has 0 aliphatic carbocycles. The molecule has 94 valence electrons. The van der Waals surface area contributed by atoms with Crippen molar-refractivity contribution in [1.82, 2.24) is 4.90 Å². The van der Waals surface area contributed by atoms with Gasteiger partial charge in [0, 0.05) is 18.7 Å². The summed E-state index contributed by atoms with van der Waals surface area (Å²) in [5.41, 5.74) is 4.18. The van der Waals surface area contributed by atoms with E-state index in [1.807, 2.05) is 30.3 Å². The van der Waals surface area contributed by atoms with Crippen LogP contribution in [-0.4, -0.2) is 17.4 Å². The van der Waals surface area contributed by atoms with Crippen LogP contribution in [0.15, 0.2) is 61.2 Å². The van der Waals surface area contributed by atoms with E-state index >= 15 is 0 Å². The van der Waals surface area contributed by atoms with Crippen molar-refractivity contribution >= 4 is 11.6 Å². The van der Waals surface area contributed by atoms with E-state index in [0.717, 1.165) is 17.8 Å². The zero-order chi connectivity index (χ0) is 13.2. The zero-order valence-electron chi connectivity index (χ0n) is 10.7. The van der Waals surface area contributed by atoms with Gasteiger partial charge in [0.05, 0.1) is 0 Å². The van der Waals surface area contributed by atoms with Gasteiger partial charge >= 0.3 is 0 Å². The molecule has 2 nitrogen and oxygen atoms in total. The maximum atomic E-state index is 11.4. The van der Waals surface area contributed by atoms with E-state index < -0.39 is 0 Å². The molecule has 0 N–H and O–H groups in total. The first-order chi connectivity index (χ1) is 9.25. The second-order valence-corrected chi connectivity index (χ2v) is 4.69.